The number of hydrogen-bond acceptors (Lipinski definition) is 4. The van der Waals surface area contributed by atoms with Gasteiger partial charge >= 0.3 is 0 Å². The highest BCUT2D eigenvalue weighted by Gasteiger charge is 2.20. The molecule has 1 aliphatic heterocycles. The van der Waals surface area contributed by atoms with E-state index in [9.17, 15) is 4.79 Å². The quantitative estimate of drug-likeness (QED) is 0.773. The fraction of sp³-hybridized carbons (Fsp3) is 0.538. The number of pyridine rings is 1. The average molecular weight is 249 g/mol. The summed E-state index contributed by atoms with van der Waals surface area (Å²) in [5, 5.41) is 0. The van der Waals surface area contributed by atoms with Crippen LogP contribution in [0.1, 0.15) is 5.69 Å². The van der Waals surface area contributed by atoms with Crippen LogP contribution < -0.4 is 0 Å². The van der Waals surface area contributed by atoms with Gasteiger partial charge in [-0.25, -0.2) is 0 Å². The third-order valence-corrected chi connectivity index (χ3v) is 3.10. The highest BCUT2D eigenvalue weighted by molar-refractivity contribution is 5.77. The van der Waals surface area contributed by atoms with E-state index in [4.69, 9.17) is 4.74 Å². The van der Waals surface area contributed by atoms with E-state index < -0.39 is 0 Å². The molecule has 0 atom stereocenters. The van der Waals surface area contributed by atoms with Crippen molar-refractivity contribution in [1.29, 1.82) is 0 Å². The first-order valence-electron chi connectivity index (χ1n) is 6.18. The second-order valence-corrected chi connectivity index (χ2v) is 4.41. The Balaban J connectivity index is 1.78. The Bertz CT molecular complexity index is 375. The minimum Gasteiger partial charge on any atom is -0.375 e. The molecule has 0 saturated carbocycles. The molecule has 0 N–H and O–H groups in total. The van der Waals surface area contributed by atoms with E-state index >= 15 is 0 Å². The summed E-state index contributed by atoms with van der Waals surface area (Å²) in [5.41, 5.74) is 1.08. The van der Waals surface area contributed by atoms with Gasteiger partial charge in [-0.15, -0.1) is 0 Å². The highest BCUT2D eigenvalue weighted by Crippen LogP contribution is 2.06. The van der Waals surface area contributed by atoms with E-state index in [0.29, 0.717) is 0 Å². The first kappa shape index (κ1) is 13.0. The largest absolute Gasteiger partial charge is 0.375 e. The summed E-state index contributed by atoms with van der Waals surface area (Å²) in [7, 11) is 1.55. The van der Waals surface area contributed by atoms with Crippen LogP contribution in [0.5, 0.6) is 0 Å². The highest BCUT2D eigenvalue weighted by atomic mass is 16.5. The summed E-state index contributed by atoms with van der Waals surface area (Å²) >= 11 is 0. The molecule has 1 amide bonds. The lowest BCUT2D eigenvalue weighted by atomic mass is 10.2. The topological polar surface area (TPSA) is 45.7 Å². The molecule has 5 nitrogen and oxygen atoms in total. The molecule has 2 heterocycles. The number of carbonyl (C=O) groups excluding carboxylic acids is 1. The van der Waals surface area contributed by atoms with Crippen LogP contribution in [0.25, 0.3) is 0 Å². The molecule has 0 spiro atoms. The van der Waals surface area contributed by atoms with Crippen LogP contribution in [0.15, 0.2) is 24.4 Å². The second-order valence-electron chi connectivity index (χ2n) is 4.41. The minimum atomic E-state index is 0.0787. The number of ether oxygens (including phenoxy) is 1. The lowest BCUT2D eigenvalue weighted by Gasteiger charge is -2.34. The fourth-order valence-electron chi connectivity index (χ4n) is 2.09. The third kappa shape index (κ3) is 3.51. The summed E-state index contributed by atoms with van der Waals surface area (Å²) in [5.74, 6) is 0.0787. The summed E-state index contributed by atoms with van der Waals surface area (Å²) in [6.07, 6.45) is 1.81. The van der Waals surface area contributed by atoms with Crippen molar-refractivity contribution >= 4 is 5.91 Å². The van der Waals surface area contributed by atoms with Crippen LogP contribution in [0.2, 0.25) is 0 Å². The number of methoxy groups -OCH3 is 1. The Kier molecular flexibility index (Phi) is 4.66. The van der Waals surface area contributed by atoms with Crippen molar-refractivity contribution in [1.82, 2.24) is 14.8 Å². The lowest BCUT2D eigenvalue weighted by Crippen LogP contribution is -2.49. The average Bonchev–Trinajstić information content (AvgIpc) is 2.41. The number of rotatable bonds is 4. The van der Waals surface area contributed by atoms with E-state index in [1.54, 1.807) is 7.11 Å². The molecule has 98 valence electrons. The molecule has 0 aromatic carbocycles. The molecule has 1 aliphatic rings. The maximum absolute atomic E-state index is 11.6. The van der Waals surface area contributed by atoms with Gasteiger partial charge in [0.2, 0.25) is 5.91 Å². The zero-order valence-corrected chi connectivity index (χ0v) is 10.7. The number of carbonyl (C=O) groups is 1. The smallest absolute Gasteiger partial charge is 0.248 e. The van der Waals surface area contributed by atoms with E-state index in [2.05, 4.69) is 9.88 Å². The van der Waals surface area contributed by atoms with E-state index in [0.717, 1.165) is 38.4 Å². The zero-order chi connectivity index (χ0) is 12.8. The van der Waals surface area contributed by atoms with Gasteiger partial charge in [-0.05, 0) is 12.1 Å². The summed E-state index contributed by atoms with van der Waals surface area (Å²) in [4.78, 5) is 20.1. The summed E-state index contributed by atoms with van der Waals surface area (Å²) < 4.78 is 4.86. The van der Waals surface area contributed by atoms with Crippen molar-refractivity contribution < 1.29 is 9.53 Å². The second kappa shape index (κ2) is 6.47. The van der Waals surface area contributed by atoms with Crippen molar-refractivity contribution in [3.05, 3.63) is 30.1 Å². The molecule has 1 fully saturated rings. The summed E-state index contributed by atoms with van der Waals surface area (Å²) in [6.45, 7) is 4.37. The Morgan fingerprint density at radius 3 is 2.72 bits per heavy atom. The van der Waals surface area contributed by atoms with Crippen molar-refractivity contribution in [3.63, 3.8) is 0 Å². The van der Waals surface area contributed by atoms with Gasteiger partial charge in [-0.3, -0.25) is 14.7 Å². The lowest BCUT2D eigenvalue weighted by molar-refractivity contribution is -0.136. The third-order valence-electron chi connectivity index (χ3n) is 3.10. The SMILES string of the molecule is COCC(=O)N1CCN(Cc2ccccn2)CC1. The molecule has 1 saturated heterocycles. The van der Waals surface area contributed by atoms with Gasteiger partial charge in [0.05, 0.1) is 5.69 Å². The fourth-order valence-corrected chi connectivity index (χ4v) is 2.09. The van der Waals surface area contributed by atoms with E-state index in [1.165, 1.54) is 0 Å². The Morgan fingerprint density at radius 2 is 2.11 bits per heavy atom. The molecular formula is C13H19N3O2. The minimum absolute atomic E-state index is 0.0787. The molecule has 1 aromatic rings. The molecule has 5 heteroatoms. The molecule has 0 radical (unpaired) electrons. The maximum Gasteiger partial charge on any atom is 0.248 e. The van der Waals surface area contributed by atoms with Gasteiger partial charge < -0.3 is 9.64 Å². The summed E-state index contributed by atoms with van der Waals surface area (Å²) in [6, 6.07) is 5.95. The Labute approximate surface area is 107 Å². The Hall–Kier alpha value is -1.46. The predicted octanol–water partition coefficient (Wildman–Crippen LogP) is 0.372. The van der Waals surface area contributed by atoms with Crippen LogP contribution in [-0.2, 0) is 16.1 Å². The number of hydrogen-bond donors (Lipinski definition) is 0. The van der Waals surface area contributed by atoms with Gasteiger partial charge in [0.1, 0.15) is 6.61 Å². The Morgan fingerprint density at radius 1 is 1.33 bits per heavy atom. The first-order chi connectivity index (χ1) is 8.79. The predicted molar refractivity (Wildman–Crippen MR) is 68.0 cm³/mol. The van der Waals surface area contributed by atoms with Crippen molar-refractivity contribution in [2.75, 3.05) is 39.9 Å². The normalized spacial score (nSPS) is 16.8. The van der Waals surface area contributed by atoms with Crippen LogP contribution in [0.4, 0.5) is 0 Å². The number of amides is 1. The monoisotopic (exact) mass is 249 g/mol. The van der Waals surface area contributed by atoms with Crippen molar-refractivity contribution in [2.24, 2.45) is 0 Å². The molecular weight excluding hydrogens is 230 g/mol. The molecule has 0 unspecified atom stereocenters. The zero-order valence-electron chi connectivity index (χ0n) is 10.7. The van der Waals surface area contributed by atoms with Crippen molar-refractivity contribution in [2.45, 2.75) is 6.54 Å². The van der Waals surface area contributed by atoms with E-state index in [1.807, 2.05) is 29.3 Å². The van der Waals surface area contributed by atoms with Crippen LogP contribution in [-0.4, -0.2) is 60.6 Å². The van der Waals surface area contributed by atoms with Gasteiger partial charge in [0.25, 0.3) is 0 Å². The molecule has 18 heavy (non-hydrogen) atoms. The number of nitrogens with zero attached hydrogens (tertiary/aromatic N) is 3. The van der Waals surface area contributed by atoms with E-state index in [-0.39, 0.29) is 12.5 Å². The van der Waals surface area contributed by atoms with Crippen LogP contribution in [0.3, 0.4) is 0 Å². The number of aromatic nitrogens is 1. The standard InChI is InChI=1S/C13H19N3O2/c1-18-11-13(17)16-8-6-15(7-9-16)10-12-4-2-3-5-14-12/h2-5H,6-11H2,1H3. The molecule has 0 aliphatic carbocycles. The van der Waals surface area contributed by atoms with Crippen molar-refractivity contribution in [3.8, 4) is 0 Å². The maximum atomic E-state index is 11.6. The number of piperazine rings is 1. The first-order valence-corrected chi connectivity index (χ1v) is 6.18. The van der Waals surface area contributed by atoms with Crippen LogP contribution >= 0.6 is 0 Å². The van der Waals surface area contributed by atoms with Crippen LogP contribution in [0, 0.1) is 0 Å². The van der Waals surface area contributed by atoms with Gasteiger partial charge in [0, 0.05) is 46.0 Å². The van der Waals surface area contributed by atoms with Gasteiger partial charge in [0.15, 0.2) is 0 Å². The molecule has 2 rings (SSSR count). The van der Waals surface area contributed by atoms with Gasteiger partial charge in [-0.1, -0.05) is 6.07 Å². The molecule has 0 bridgehead atoms. The molecule has 1 aromatic heterocycles. The van der Waals surface area contributed by atoms with Gasteiger partial charge in [-0.2, -0.15) is 0 Å².